The Morgan fingerprint density at radius 1 is 1.00 bits per heavy atom. The largest absolute Gasteiger partial charge is 0.497 e. The van der Waals surface area contributed by atoms with Crippen LogP contribution in [0.25, 0.3) is 10.2 Å². The number of nitrogens with zero attached hydrogens (tertiary/aromatic N) is 5. The van der Waals surface area contributed by atoms with Gasteiger partial charge in [-0.1, -0.05) is 11.3 Å². The number of aromatic nitrogens is 1. The molecule has 5 rings (SSSR count). The van der Waals surface area contributed by atoms with Crippen molar-refractivity contribution >= 4 is 44.0 Å². The first kappa shape index (κ1) is 22.4. The van der Waals surface area contributed by atoms with E-state index in [4.69, 9.17) is 9.72 Å². The molecule has 1 amide bonds. The van der Waals surface area contributed by atoms with E-state index in [0.29, 0.717) is 37.4 Å². The number of anilines is 2. The number of carbonyl (C=O) groups excluding carboxylic acids is 1. The van der Waals surface area contributed by atoms with Gasteiger partial charge in [0.2, 0.25) is 0 Å². The van der Waals surface area contributed by atoms with Crippen molar-refractivity contribution in [2.45, 2.75) is 19.3 Å². The molecule has 0 bridgehead atoms. The third-order valence-corrected chi connectivity index (χ3v) is 7.62. The zero-order valence-corrected chi connectivity index (χ0v) is 19.9. The highest BCUT2D eigenvalue weighted by Crippen LogP contribution is 2.33. The monoisotopic (exact) mass is 481 g/mol. The fraction of sp³-hybridized carbons (Fsp3) is 0.417. The van der Waals surface area contributed by atoms with Gasteiger partial charge in [-0.2, -0.15) is 0 Å². The zero-order valence-electron chi connectivity index (χ0n) is 19.1. The van der Waals surface area contributed by atoms with Crippen molar-refractivity contribution in [3.05, 3.63) is 52.1 Å². The Labute approximate surface area is 201 Å². The minimum atomic E-state index is -0.374. The summed E-state index contributed by atoms with van der Waals surface area (Å²) in [5.74, 6) is 0.639. The van der Waals surface area contributed by atoms with Gasteiger partial charge in [-0.25, -0.2) is 4.98 Å². The van der Waals surface area contributed by atoms with Gasteiger partial charge < -0.3 is 19.4 Å². The Bertz CT molecular complexity index is 1220. The summed E-state index contributed by atoms with van der Waals surface area (Å²) in [4.78, 5) is 35.3. The van der Waals surface area contributed by atoms with Crippen LogP contribution in [-0.4, -0.2) is 67.1 Å². The number of amides is 1. The smallest absolute Gasteiger partial charge is 0.293 e. The van der Waals surface area contributed by atoms with Crippen LogP contribution in [-0.2, 0) is 0 Å². The zero-order chi connectivity index (χ0) is 23.7. The van der Waals surface area contributed by atoms with Gasteiger partial charge in [0.25, 0.3) is 11.6 Å². The van der Waals surface area contributed by atoms with E-state index >= 15 is 0 Å². The highest BCUT2D eigenvalue weighted by Gasteiger charge is 2.27. The molecule has 2 aromatic carbocycles. The number of carbonyl (C=O) groups is 1. The van der Waals surface area contributed by atoms with Crippen molar-refractivity contribution < 1.29 is 14.5 Å². The maximum atomic E-state index is 13.2. The van der Waals surface area contributed by atoms with E-state index in [1.165, 1.54) is 6.07 Å². The molecule has 0 saturated carbocycles. The average Bonchev–Trinajstić information content (AvgIpc) is 3.32. The van der Waals surface area contributed by atoms with E-state index in [0.717, 1.165) is 53.4 Å². The molecule has 9 nitrogen and oxygen atoms in total. The molecule has 34 heavy (non-hydrogen) atoms. The highest BCUT2D eigenvalue weighted by molar-refractivity contribution is 7.22. The minimum Gasteiger partial charge on any atom is -0.497 e. The summed E-state index contributed by atoms with van der Waals surface area (Å²) in [5, 5.41) is 12.7. The first-order valence-electron chi connectivity index (χ1n) is 11.6. The van der Waals surface area contributed by atoms with Gasteiger partial charge in [0.15, 0.2) is 5.13 Å². The van der Waals surface area contributed by atoms with Gasteiger partial charge in [-0.05, 0) is 49.6 Å². The van der Waals surface area contributed by atoms with E-state index in [-0.39, 0.29) is 16.5 Å². The summed E-state index contributed by atoms with van der Waals surface area (Å²) in [7, 11) is 1.65. The number of thiazole rings is 1. The van der Waals surface area contributed by atoms with Crippen LogP contribution in [0.3, 0.4) is 0 Å². The van der Waals surface area contributed by atoms with Crippen LogP contribution in [0, 0.1) is 10.1 Å². The van der Waals surface area contributed by atoms with Gasteiger partial charge >= 0.3 is 0 Å². The number of piperidine rings is 1. The molecule has 2 fully saturated rings. The first-order chi connectivity index (χ1) is 16.5. The molecule has 2 aliphatic heterocycles. The lowest BCUT2D eigenvalue weighted by Crippen LogP contribution is -2.48. The number of ether oxygens (including phenoxy) is 1. The van der Waals surface area contributed by atoms with Crippen LogP contribution in [0.2, 0.25) is 0 Å². The molecule has 2 saturated heterocycles. The number of methoxy groups -OCH3 is 1. The topological polar surface area (TPSA) is 92.1 Å². The fourth-order valence-electron chi connectivity index (χ4n) is 4.64. The van der Waals surface area contributed by atoms with Crippen LogP contribution >= 0.6 is 11.3 Å². The second-order valence-electron chi connectivity index (χ2n) is 8.62. The Hall–Kier alpha value is -3.40. The van der Waals surface area contributed by atoms with Crippen LogP contribution in [0.15, 0.2) is 36.4 Å². The lowest BCUT2D eigenvalue weighted by molar-refractivity contribution is -0.384. The molecule has 3 aromatic rings. The second kappa shape index (κ2) is 9.46. The third-order valence-electron chi connectivity index (χ3n) is 6.54. The number of hydrogen-bond donors (Lipinski definition) is 0. The molecule has 0 radical (unpaired) electrons. The number of fused-ring (bicyclic) bond motifs is 1. The van der Waals surface area contributed by atoms with E-state index in [1.54, 1.807) is 35.5 Å². The predicted molar refractivity (Wildman–Crippen MR) is 133 cm³/mol. The average molecular weight is 482 g/mol. The quantitative estimate of drug-likeness (QED) is 0.399. The SMILES string of the molecule is COc1ccc2nc(N3CCN(C(=O)c4ccc(N5CCCCC5)c([N+](=O)[O-])c4)CC3)sc2c1. The maximum absolute atomic E-state index is 13.2. The summed E-state index contributed by atoms with van der Waals surface area (Å²) in [6.45, 7) is 4.04. The number of hydrogen-bond acceptors (Lipinski definition) is 8. The number of piperazine rings is 1. The molecule has 2 aliphatic rings. The Morgan fingerprint density at radius 3 is 2.47 bits per heavy atom. The molecule has 10 heteroatoms. The summed E-state index contributed by atoms with van der Waals surface area (Å²) in [6.07, 6.45) is 3.21. The Kier molecular flexibility index (Phi) is 6.23. The van der Waals surface area contributed by atoms with Crippen LogP contribution in [0.4, 0.5) is 16.5 Å². The van der Waals surface area contributed by atoms with Crippen LogP contribution in [0.1, 0.15) is 29.6 Å². The second-order valence-corrected chi connectivity index (χ2v) is 9.63. The summed E-state index contributed by atoms with van der Waals surface area (Å²) in [5.41, 5.74) is 1.92. The van der Waals surface area contributed by atoms with E-state index < -0.39 is 0 Å². The lowest BCUT2D eigenvalue weighted by atomic mass is 10.1. The van der Waals surface area contributed by atoms with Gasteiger partial charge in [-0.15, -0.1) is 0 Å². The van der Waals surface area contributed by atoms with Crippen molar-refractivity contribution in [1.82, 2.24) is 9.88 Å². The molecule has 0 spiro atoms. The van der Waals surface area contributed by atoms with Gasteiger partial charge in [0, 0.05) is 50.9 Å². The summed E-state index contributed by atoms with van der Waals surface area (Å²) < 4.78 is 6.36. The Morgan fingerprint density at radius 2 is 1.76 bits per heavy atom. The Balaban J connectivity index is 1.28. The highest BCUT2D eigenvalue weighted by atomic mass is 32.1. The molecule has 3 heterocycles. The van der Waals surface area contributed by atoms with E-state index in [2.05, 4.69) is 9.80 Å². The lowest BCUT2D eigenvalue weighted by Gasteiger charge is -2.34. The molecule has 178 valence electrons. The van der Waals surface area contributed by atoms with Crippen molar-refractivity contribution in [2.24, 2.45) is 0 Å². The van der Waals surface area contributed by atoms with E-state index in [9.17, 15) is 14.9 Å². The number of benzene rings is 2. The third kappa shape index (κ3) is 4.37. The number of rotatable bonds is 5. The molecule has 1 aromatic heterocycles. The maximum Gasteiger partial charge on any atom is 0.293 e. The first-order valence-corrected chi connectivity index (χ1v) is 12.4. The normalized spacial score (nSPS) is 16.7. The summed E-state index contributed by atoms with van der Waals surface area (Å²) in [6, 6.07) is 10.7. The molecular formula is C24H27N5O4S. The van der Waals surface area contributed by atoms with Crippen molar-refractivity contribution in [1.29, 1.82) is 0 Å². The van der Waals surface area contributed by atoms with E-state index in [1.807, 2.05) is 18.2 Å². The fourth-order valence-corrected chi connectivity index (χ4v) is 5.69. The molecule has 0 aliphatic carbocycles. The van der Waals surface area contributed by atoms with Crippen LogP contribution < -0.4 is 14.5 Å². The summed E-state index contributed by atoms with van der Waals surface area (Å²) >= 11 is 1.61. The van der Waals surface area contributed by atoms with Crippen molar-refractivity contribution in [3.8, 4) is 5.75 Å². The molecule has 0 unspecified atom stereocenters. The van der Waals surface area contributed by atoms with Crippen molar-refractivity contribution in [3.63, 3.8) is 0 Å². The minimum absolute atomic E-state index is 0.0105. The van der Waals surface area contributed by atoms with Gasteiger partial charge in [0.1, 0.15) is 11.4 Å². The van der Waals surface area contributed by atoms with Gasteiger partial charge in [0.05, 0.1) is 22.2 Å². The molecule has 0 atom stereocenters. The number of nitro benzene ring substituents is 1. The molecular weight excluding hydrogens is 454 g/mol. The molecule has 0 N–H and O–H groups in total. The van der Waals surface area contributed by atoms with Crippen molar-refractivity contribution in [2.75, 3.05) is 56.2 Å². The van der Waals surface area contributed by atoms with Crippen LogP contribution in [0.5, 0.6) is 5.75 Å². The number of nitro groups is 1. The standard InChI is InChI=1S/C24H27N5O4S/c1-33-18-6-7-19-22(16-18)34-24(25-19)28-13-11-27(12-14-28)23(30)17-5-8-20(21(15-17)29(31)32)26-9-3-2-4-10-26/h5-8,15-16H,2-4,9-14H2,1H3. The predicted octanol–water partition coefficient (Wildman–Crippen LogP) is 4.17. The van der Waals surface area contributed by atoms with Gasteiger partial charge in [-0.3, -0.25) is 14.9 Å².